The van der Waals surface area contributed by atoms with Crippen LogP contribution in [0.25, 0.3) is 0 Å². The van der Waals surface area contributed by atoms with Gasteiger partial charge in [-0.1, -0.05) is 0 Å². The number of nitrogens with zero attached hydrogens (tertiary/aromatic N) is 1. The van der Waals surface area contributed by atoms with Crippen molar-refractivity contribution < 1.29 is 18.1 Å². The maximum Gasteiger partial charge on any atom is 0.298 e. The Hall–Kier alpha value is -2.00. The number of rotatable bonds is 3. The number of nitrogens with two attached hydrogens (primary N) is 1. The van der Waals surface area contributed by atoms with Gasteiger partial charge in [-0.3, -0.25) is 14.9 Å². The van der Waals surface area contributed by atoms with Gasteiger partial charge < -0.3 is 0 Å². The molecule has 8 nitrogen and oxygen atoms in total. The minimum Gasteiger partial charge on any atom is -0.268 e. The maximum absolute atomic E-state index is 11.2. The Labute approximate surface area is 90.4 Å². The standard InChI is InChI=1S/C7H7N3O5S/c8-16(14,15)9-7(11)5-1-3-6(4-2-5)10(12)13/h1-4H,(H,9,11)(H2,8,14,15). The smallest absolute Gasteiger partial charge is 0.268 e. The number of hydrogen-bond donors (Lipinski definition) is 2. The molecule has 3 N–H and O–H groups in total. The Bertz CT molecular complexity index is 521. The number of nitrogens with one attached hydrogen (secondary N) is 1. The van der Waals surface area contributed by atoms with E-state index in [-0.39, 0.29) is 11.3 Å². The van der Waals surface area contributed by atoms with E-state index in [1.165, 1.54) is 4.72 Å². The number of carbonyl (C=O) groups excluding carboxylic acids is 1. The molecule has 0 saturated heterocycles. The van der Waals surface area contributed by atoms with E-state index in [4.69, 9.17) is 0 Å². The molecule has 86 valence electrons. The van der Waals surface area contributed by atoms with Gasteiger partial charge in [0.15, 0.2) is 0 Å². The minimum atomic E-state index is -4.13. The predicted molar refractivity (Wildman–Crippen MR) is 53.7 cm³/mol. The first kappa shape index (κ1) is 12.1. The number of nitro benzene ring substituents is 1. The Kier molecular flexibility index (Phi) is 3.20. The van der Waals surface area contributed by atoms with E-state index in [1.807, 2.05) is 0 Å². The highest BCUT2D eigenvalue weighted by Crippen LogP contribution is 2.11. The van der Waals surface area contributed by atoms with Gasteiger partial charge in [0.05, 0.1) is 4.92 Å². The number of non-ortho nitro benzene ring substituents is 1. The van der Waals surface area contributed by atoms with Crippen LogP contribution in [0.15, 0.2) is 24.3 Å². The molecule has 9 heteroatoms. The van der Waals surface area contributed by atoms with Crippen LogP contribution in [0, 0.1) is 10.1 Å². The lowest BCUT2D eigenvalue weighted by atomic mass is 10.2. The van der Waals surface area contributed by atoms with Gasteiger partial charge in [-0.25, -0.2) is 9.86 Å². The molecule has 1 aromatic rings. The van der Waals surface area contributed by atoms with Crippen LogP contribution in [-0.4, -0.2) is 19.2 Å². The SMILES string of the molecule is NS(=O)(=O)NC(=O)c1ccc([N+](=O)[O-])cc1. The largest absolute Gasteiger partial charge is 0.298 e. The number of benzene rings is 1. The zero-order valence-corrected chi connectivity index (χ0v) is 8.60. The second-order valence-corrected chi connectivity index (χ2v) is 4.07. The fourth-order valence-corrected chi connectivity index (χ4v) is 1.30. The lowest BCUT2D eigenvalue weighted by molar-refractivity contribution is -0.384. The minimum absolute atomic E-state index is 0.0420. The molecule has 0 unspecified atom stereocenters. The fourth-order valence-electron chi connectivity index (χ4n) is 0.923. The Morgan fingerprint density at radius 2 is 1.81 bits per heavy atom. The highest BCUT2D eigenvalue weighted by Gasteiger charge is 2.12. The van der Waals surface area contributed by atoms with Gasteiger partial charge in [0.25, 0.3) is 21.8 Å². The molecule has 0 aromatic heterocycles. The average molecular weight is 245 g/mol. The second-order valence-electron chi connectivity index (χ2n) is 2.78. The molecule has 0 radical (unpaired) electrons. The zero-order valence-electron chi connectivity index (χ0n) is 7.78. The third-order valence-electron chi connectivity index (χ3n) is 1.58. The molecule has 1 rings (SSSR count). The van der Waals surface area contributed by atoms with Crippen molar-refractivity contribution in [1.82, 2.24) is 4.72 Å². The number of nitro groups is 1. The van der Waals surface area contributed by atoms with Crippen molar-refractivity contribution in [3.05, 3.63) is 39.9 Å². The average Bonchev–Trinajstić information content (AvgIpc) is 2.15. The van der Waals surface area contributed by atoms with Gasteiger partial charge >= 0.3 is 0 Å². The van der Waals surface area contributed by atoms with E-state index in [9.17, 15) is 23.3 Å². The molecule has 0 saturated carbocycles. The fraction of sp³-hybridized carbons (Fsp3) is 0. The van der Waals surface area contributed by atoms with Gasteiger partial charge in [0.1, 0.15) is 0 Å². The van der Waals surface area contributed by atoms with E-state index in [2.05, 4.69) is 5.14 Å². The first-order chi connectivity index (χ1) is 7.29. The monoisotopic (exact) mass is 245 g/mol. The summed E-state index contributed by atoms with van der Waals surface area (Å²) in [5.74, 6) is -0.947. The summed E-state index contributed by atoms with van der Waals surface area (Å²) in [7, 11) is -4.13. The van der Waals surface area contributed by atoms with Crippen molar-refractivity contribution in [2.75, 3.05) is 0 Å². The summed E-state index contributed by atoms with van der Waals surface area (Å²) in [6.07, 6.45) is 0. The molecule has 0 spiro atoms. The van der Waals surface area contributed by atoms with Gasteiger partial charge in [0.2, 0.25) is 0 Å². The molecule has 0 aliphatic rings. The first-order valence-electron chi connectivity index (χ1n) is 3.89. The third kappa shape index (κ3) is 3.29. The molecule has 1 amide bonds. The van der Waals surface area contributed by atoms with E-state index in [1.54, 1.807) is 0 Å². The molecule has 0 aliphatic carbocycles. The van der Waals surface area contributed by atoms with Crippen LogP contribution in [0.4, 0.5) is 5.69 Å². The van der Waals surface area contributed by atoms with Crippen molar-refractivity contribution in [2.24, 2.45) is 5.14 Å². The van der Waals surface area contributed by atoms with Gasteiger partial charge in [-0.15, -0.1) is 0 Å². The molecular formula is C7H7N3O5S. The van der Waals surface area contributed by atoms with E-state index < -0.39 is 21.0 Å². The Balaban J connectivity index is 2.90. The van der Waals surface area contributed by atoms with Gasteiger partial charge in [0, 0.05) is 17.7 Å². The third-order valence-corrected chi connectivity index (χ3v) is 2.05. The van der Waals surface area contributed by atoms with Crippen LogP contribution in [0.1, 0.15) is 10.4 Å². The van der Waals surface area contributed by atoms with Crippen LogP contribution in [0.3, 0.4) is 0 Å². The van der Waals surface area contributed by atoms with Crippen molar-refractivity contribution in [2.45, 2.75) is 0 Å². The molecule has 0 heterocycles. The van der Waals surface area contributed by atoms with Crippen LogP contribution < -0.4 is 9.86 Å². The van der Waals surface area contributed by atoms with Crippen molar-refractivity contribution >= 4 is 21.8 Å². The topological polar surface area (TPSA) is 132 Å². The van der Waals surface area contributed by atoms with Crippen molar-refractivity contribution in [3.63, 3.8) is 0 Å². The summed E-state index contributed by atoms with van der Waals surface area (Å²) in [6.45, 7) is 0. The molecule has 16 heavy (non-hydrogen) atoms. The highest BCUT2D eigenvalue weighted by atomic mass is 32.2. The summed E-state index contributed by atoms with van der Waals surface area (Å²) in [5, 5.41) is 14.9. The number of carbonyl (C=O) groups is 1. The van der Waals surface area contributed by atoms with Crippen LogP contribution in [0.5, 0.6) is 0 Å². The summed E-state index contributed by atoms with van der Waals surface area (Å²) < 4.78 is 22.6. The van der Waals surface area contributed by atoms with Gasteiger partial charge in [-0.05, 0) is 12.1 Å². The quantitative estimate of drug-likeness (QED) is 0.548. The highest BCUT2D eigenvalue weighted by molar-refractivity contribution is 7.87. The summed E-state index contributed by atoms with van der Waals surface area (Å²) >= 11 is 0. The van der Waals surface area contributed by atoms with E-state index in [0.717, 1.165) is 24.3 Å². The molecule has 0 aliphatic heterocycles. The predicted octanol–water partition coefficient (Wildman–Crippen LogP) is -0.472. The Morgan fingerprint density at radius 1 is 1.31 bits per heavy atom. The summed E-state index contributed by atoms with van der Waals surface area (Å²) in [4.78, 5) is 20.9. The van der Waals surface area contributed by atoms with Crippen molar-refractivity contribution in [3.8, 4) is 0 Å². The second kappa shape index (κ2) is 4.24. The summed E-state index contributed by atoms with van der Waals surface area (Å²) in [5.41, 5.74) is -0.244. The van der Waals surface area contributed by atoms with Crippen molar-refractivity contribution in [1.29, 1.82) is 0 Å². The number of hydrogen-bond acceptors (Lipinski definition) is 5. The van der Waals surface area contributed by atoms with Crippen LogP contribution >= 0.6 is 0 Å². The molecule has 0 fully saturated rings. The molecule has 0 atom stereocenters. The lowest BCUT2D eigenvalue weighted by Gasteiger charge is -2.01. The molecule has 0 bridgehead atoms. The van der Waals surface area contributed by atoms with E-state index in [0.29, 0.717) is 0 Å². The van der Waals surface area contributed by atoms with Crippen LogP contribution in [-0.2, 0) is 10.2 Å². The Morgan fingerprint density at radius 3 is 2.19 bits per heavy atom. The maximum atomic E-state index is 11.2. The van der Waals surface area contributed by atoms with Crippen LogP contribution in [0.2, 0.25) is 0 Å². The zero-order chi connectivity index (χ0) is 12.3. The summed E-state index contributed by atoms with van der Waals surface area (Å²) in [6, 6.07) is 4.41. The van der Waals surface area contributed by atoms with E-state index >= 15 is 0 Å². The number of amides is 1. The lowest BCUT2D eigenvalue weighted by Crippen LogP contribution is -2.35. The van der Waals surface area contributed by atoms with Gasteiger partial charge in [-0.2, -0.15) is 8.42 Å². The molecular weight excluding hydrogens is 238 g/mol. The molecule has 1 aromatic carbocycles. The normalized spacial score (nSPS) is 10.8. The first-order valence-corrected chi connectivity index (χ1v) is 5.43.